The Labute approximate surface area is 234 Å². The molecule has 1 aliphatic heterocycles. The number of carbonyl (C=O) groups is 2. The molecule has 11 nitrogen and oxygen atoms in total. The first kappa shape index (κ1) is 28.8. The molecule has 3 aromatic rings. The number of benzene rings is 2. The third-order valence-electron chi connectivity index (χ3n) is 6.67. The molecule has 1 fully saturated rings. The lowest BCUT2D eigenvalue weighted by Crippen LogP contribution is -2.29. The van der Waals surface area contributed by atoms with Gasteiger partial charge < -0.3 is 24.6 Å². The van der Waals surface area contributed by atoms with Crippen LogP contribution in [0.15, 0.2) is 48.5 Å². The maximum absolute atomic E-state index is 12.1. The van der Waals surface area contributed by atoms with Crippen LogP contribution in [0, 0.1) is 0 Å². The number of aromatic nitrogens is 3. The average Bonchev–Trinajstić information content (AvgIpc) is 3.29. The monoisotopic (exact) mass is 547 g/mol. The summed E-state index contributed by atoms with van der Waals surface area (Å²) >= 11 is 0. The Morgan fingerprint density at radius 2 is 1.57 bits per heavy atom. The summed E-state index contributed by atoms with van der Waals surface area (Å²) in [4.78, 5) is 41.2. The Hall–Kier alpha value is -4.25. The highest BCUT2D eigenvalue weighted by molar-refractivity contribution is 6.01. The van der Waals surface area contributed by atoms with E-state index in [1.807, 2.05) is 36.4 Å². The first-order valence-electron chi connectivity index (χ1n) is 13.6. The molecule has 2 N–H and O–H groups in total. The minimum atomic E-state index is -0.445. The molecule has 0 atom stereocenters. The highest BCUT2D eigenvalue weighted by atomic mass is 16.5. The highest BCUT2D eigenvalue weighted by Crippen LogP contribution is 2.16. The van der Waals surface area contributed by atoms with Crippen molar-refractivity contribution in [2.45, 2.75) is 39.8 Å². The molecule has 1 aromatic heterocycles. The summed E-state index contributed by atoms with van der Waals surface area (Å²) in [7, 11) is 1.63. The number of nitrogens with one attached hydrogen (secondary N) is 2. The van der Waals surface area contributed by atoms with Crippen molar-refractivity contribution in [1.29, 1.82) is 0 Å². The maximum Gasteiger partial charge on any atom is 0.324 e. The van der Waals surface area contributed by atoms with E-state index in [-0.39, 0.29) is 19.0 Å². The van der Waals surface area contributed by atoms with Crippen LogP contribution >= 0.6 is 0 Å². The van der Waals surface area contributed by atoms with E-state index in [2.05, 4.69) is 56.5 Å². The zero-order valence-corrected chi connectivity index (χ0v) is 23.4. The van der Waals surface area contributed by atoms with Gasteiger partial charge in [0, 0.05) is 19.5 Å². The molecule has 0 spiro atoms. The number of aryl methyl sites for hydroxylation is 2. The van der Waals surface area contributed by atoms with Gasteiger partial charge in [-0.15, -0.1) is 0 Å². The molecule has 0 radical (unpaired) electrons. The second-order valence-electron chi connectivity index (χ2n) is 9.42. The van der Waals surface area contributed by atoms with Crippen LogP contribution in [0.4, 0.5) is 10.7 Å². The van der Waals surface area contributed by atoms with E-state index in [1.165, 1.54) is 4.90 Å². The smallest absolute Gasteiger partial charge is 0.324 e. The summed E-state index contributed by atoms with van der Waals surface area (Å²) in [6.07, 6.45) is 1.31. The predicted molar refractivity (Wildman–Crippen MR) is 151 cm³/mol. The molecule has 2 aromatic carbocycles. The number of carbonyl (C=O) groups excluding carboxylic acids is 2. The fourth-order valence-electron chi connectivity index (χ4n) is 4.28. The lowest BCUT2D eigenvalue weighted by Gasteiger charge is -2.18. The number of hydrogen-bond acceptors (Lipinski definition) is 9. The second-order valence-corrected chi connectivity index (χ2v) is 9.42. The fraction of sp³-hybridized carbons (Fsp3) is 0.414. The van der Waals surface area contributed by atoms with Crippen molar-refractivity contribution in [1.82, 2.24) is 30.1 Å². The number of anilines is 1. The Morgan fingerprint density at radius 3 is 2.23 bits per heavy atom. The van der Waals surface area contributed by atoms with Gasteiger partial charge in [0.2, 0.25) is 11.9 Å². The number of hydrogen-bond donors (Lipinski definition) is 2. The molecule has 11 heteroatoms. The predicted octanol–water partition coefficient (Wildman–Crippen LogP) is 3.05. The number of nitrogens with zero attached hydrogens (tertiary/aromatic N) is 5. The number of methoxy groups -OCH3 is 1. The largest absolute Gasteiger partial charge is 0.497 e. The number of likely N-dealkylation sites (N-methyl/N-ethyl adjacent to an activating group) is 1. The minimum Gasteiger partial charge on any atom is -0.497 e. The normalized spacial score (nSPS) is 13.1. The third-order valence-corrected chi connectivity index (χ3v) is 6.67. The van der Waals surface area contributed by atoms with Crippen molar-refractivity contribution in [3.8, 4) is 11.5 Å². The standard InChI is InChI=1S/C29H37N7O4/c1-4-35(5-2)16-17-40-24-13-6-21(7-14-24)10-15-25-31-26(19-36-20-27(37)34-29(36)38)33-28(32-25)30-18-22-8-11-23(39-3)12-9-22/h6-9,11-14H,4-5,10,15-20H2,1-3H3,(H,34,37,38)(H,30,31,32,33). The Balaban J connectivity index is 1.40. The third kappa shape index (κ3) is 8.37. The van der Waals surface area contributed by atoms with Gasteiger partial charge in [-0.1, -0.05) is 38.1 Å². The van der Waals surface area contributed by atoms with E-state index in [0.29, 0.717) is 37.2 Å². The van der Waals surface area contributed by atoms with Crippen LogP contribution < -0.4 is 20.1 Å². The number of rotatable bonds is 15. The lowest BCUT2D eigenvalue weighted by atomic mass is 10.1. The quantitative estimate of drug-likeness (QED) is 0.277. The summed E-state index contributed by atoms with van der Waals surface area (Å²) in [5.41, 5.74) is 2.17. The second kappa shape index (κ2) is 14.2. The van der Waals surface area contributed by atoms with Gasteiger partial charge in [0.25, 0.3) is 0 Å². The molecule has 2 heterocycles. The summed E-state index contributed by atoms with van der Waals surface area (Å²) in [5, 5.41) is 5.54. The van der Waals surface area contributed by atoms with Crippen molar-refractivity contribution < 1.29 is 19.1 Å². The molecule has 212 valence electrons. The summed E-state index contributed by atoms with van der Waals surface area (Å²) in [5.74, 6) is 2.74. The van der Waals surface area contributed by atoms with Gasteiger partial charge in [-0.2, -0.15) is 9.97 Å². The molecule has 3 amide bonds. The first-order chi connectivity index (χ1) is 19.4. The lowest BCUT2D eigenvalue weighted by molar-refractivity contribution is -0.118. The number of imide groups is 1. The highest BCUT2D eigenvalue weighted by Gasteiger charge is 2.27. The van der Waals surface area contributed by atoms with Gasteiger partial charge in [0.05, 0.1) is 13.7 Å². The van der Waals surface area contributed by atoms with Crippen LogP contribution in [-0.2, 0) is 30.7 Å². The van der Waals surface area contributed by atoms with E-state index in [9.17, 15) is 9.59 Å². The summed E-state index contributed by atoms with van der Waals surface area (Å²) in [6, 6.07) is 15.4. The summed E-state index contributed by atoms with van der Waals surface area (Å²) < 4.78 is 11.1. The Bertz CT molecular complexity index is 1260. The van der Waals surface area contributed by atoms with E-state index in [1.54, 1.807) is 7.11 Å². The van der Waals surface area contributed by atoms with Crippen molar-refractivity contribution >= 4 is 17.9 Å². The van der Waals surface area contributed by atoms with Crippen molar-refractivity contribution in [2.75, 3.05) is 45.2 Å². The van der Waals surface area contributed by atoms with Crippen LogP contribution in [0.25, 0.3) is 0 Å². The van der Waals surface area contributed by atoms with Crippen molar-refractivity contribution in [3.05, 3.63) is 71.3 Å². The number of urea groups is 1. The average molecular weight is 548 g/mol. The van der Waals surface area contributed by atoms with Crippen molar-refractivity contribution in [2.24, 2.45) is 0 Å². The minimum absolute atomic E-state index is 0.0161. The van der Waals surface area contributed by atoms with Gasteiger partial charge in [-0.3, -0.25) is 10.1 Å². The molecular weight excluding hydrogens is 510 g/mol. The Kier molecular flexibility index (Phi) is 10.2. The van der Waals surface area contributed by atoms with Crippen LogP contribution in [0.2, 0.25) is 0 Å². The molecule has 40 heavy (non-hydrogen) atoms. The summed E-state index contributed by atoms with van der Waals surface area (Å²) in [6.45, 7) is 8.49. The number of ether oxygens (including phenoxy) is 2. The molecule has 0 saturated carbocycles. The van der Waals surface area contributed by atoms with E-state index in [0.717, 1.165) is 48.7 Å². The molecule has 0 aliphatic carbocycles. The molecule has 1 saturated heterocycles. The van der Waals surface area contributed by atoms with Gasteiger partial charge in [0.15, 0.2) is 5.82 Å². The SMILES string of the molecule is CCN(CC)CCOc1ccc(CCc2nc(CN3CC(=O)NC3=O)nc(NCc3ccc(OC)cc3)n2)cc1. The zero-order chi connectivity index (χ0) is 28.3. The number of amides is 3. The van der Waals surface area contributed by atoms with Gasteiger partial charge in [-0.05, 0) is 54.9 Å². The topological polar surface area (TPSA) is 122 Å². The molecule has 1 aliphatic rings. The first-order valence-corrected chi connectivity index (χ1v) is 13.6. The van der Waals surface area contributed by atoms with Crippen LogP contribution in [0.5, 0.6) is 11.5 Å². The van der Waals surface area contributed by atoms with E-state index in [4.69, 9.17) is 9.47 Å². The van der Waals surface area contributed by atoms with Gasteiger partial charge >= 0.3 is 6.03 Å². The molecule has 4 rings (SSSR count). The van der Waals surface area contributed by atoms with Gasteiger partial charge in [-0.25, -0.2) is 9.78 Å². The van der Waals surface area contributed by atoms with E-state index >= 15 is 0 Å². The van der Waals surface area contributed by atoms with Crippen LogP contribution in [0.3, 0.4) is 0 Å². The molecule has 0 bridgehead atoms. The molecule has 0 unspecified atom stereocenters. The Morgan fingerprint density at radius 1 is 0.900 bits per heavy atom. The van der Waals surface area contributed by atoms with Crippen LogP contribution in [-0.4, -0.2) is 76.6 Å². The molecular formula is C29H37N7O4. The maximum atomic E-state index is 12.1. The van der Waals surface area contributed by atoms with Gasteiger partial charge in [0.1, 0.15) is 30.5 Å². The van der Waals surface area contributed by atoms with E-state index < -0.39 is 6.03 Å². The van der Waals surface area contributed by atoms with Crippen molar-refractivity contribution in [3.63, 3.8) is 0 Å². The zero-order valence-electron chi connectivity index (χ0n) is 23.4. The van der Waals surface area contributed by atoms with Crippen LogP contribution in [0.1, 0.15) is 36.6 Å². The fourth-order valence-corrected chi connectivity index (χ4v) is 4.28.